The Morgan fingerprint density at radius 3 is 2.94 bits per heavy atom. The van der Waals surface area contributed by atoms with E-state index in [1.165, 1.54) is 0 Å². The Morgan fingerprint density at radius 1 is 1.44 bits per heavy atom. The van der Waals surface area contributed by atoms with Crippen LogP contribution in [0.1, 0.15) is 29.4 Å². The number of nitrogens with zero attached hydrogens (tertiary/aromatic N) is 2. The van der Waals surface area contributed by atoms with Gasteiger partial charge in [0.15, 0.2) is 0 Å². The van der Waals surface area contributed by atoms with E-state index in [4.69, 9.17) is 0 Å². The van der Waals surface area contributed by atoms with E-state index >= 15 is 0 Å². The average molecular weight is 419 g/mol. The van der Waals surface area contributed by atoms with Crippen LogP contribution in [0.4, 0.5) is 0 Å². The molecule has 18 heavy (non-hydrogen) atoms. The van der Waals surface area contributed by atoms with Gasteiger partial charge in [-0.15, -0.1) is 0 Å². The molecule has 0 saturated heterocycles. The molecule has 1 aromatic heterocycles. The monoisotopic (exact) mass is 418 g/mol. The first-order chi connectivity index (χ1) is 8.63. The van der Waals surface area contributed by atoms with Crippen LogP contribution in [0.25, 0.3) is 0 Å². The highest BCUT2D eigenvalue weighted by Crippen LogP contribution is 2.21. The van der Waals surface area contributed by atoms with Gasteiger partial charge in [-0.2, -0.15) is 5.10 Å². The summed E-state index contributed by atoms with van der Waals surface area (Å²) in [6, 6.07) is 7.49. The summed E-state index contributed by atoms with van der Waals surface area (Å²) in [5.41, 5.74) is 1.36. The van der Waals surface area contributed by atoms with Gasteiger partial charge in [0.2, 0.25) is 5.78 Å². The van der Waals surface area contributed by atoms with Gasteiger partial charge < -0.3 is 0 Å². The zero-order valence-corrected chi connectivity index (χ0v) is 13.6. The van der Waals surface area contributed by atoms with Crippen LogP contribution in [0.15, 0.2) is 34.9 Å². The van der Waals surface area contributed by atoms with Crippen molar-refractivity contribution in [2.24, 2.45) is 0 Å². The number of hydrogen-bond acceptors (Lipinski definition) is 2. The summed E-state index contributed by atoms with van der Waals surface area (Å²) in [5.74, 6) is 0.0200. The zero-order chi connectivity index (χ0) is 13.1. The van der Waals surface area contributed by atoms with Gasteiger partial charge >= 0.3 is 0 Å². The van der Waals surface area contributed by atoms with Crippen molar-refractivity contribution >= 4 is 44.3 Å². The van der Waals surface area contributed by atoms with Crippen molar-refractivity contribution in [2.45, 2.75) is 19.9 Å². The van der Waals surface area contributed by atoms with E-state index in [-0.39, 0.29) is 5.78 Å². The van der Waals surface area contributed by atoms with E-state index in [0.717, 1.165) is 21.0 Å². The molecule has 0 bridgehead atoms. The Balaban J connectivity index is 2.41. The minimum absolute atomic E-state index is 0.0200. The number of rotatable bonds is 4. The molecule has 0 atom stereocenters. The van der Waals surface area contributed by atoms with Crippen LogP contribution >= 0.6 is 38.5 Å². The molecule has 2 rings (SSSR count). The topological polar surface area (TPSA) is 34.9 Å². The number of aromatic nitrogens is 2. The Bertz CT molecular complexity index is 580. The molecule has 0 amide bonds. The molecule has 1 aromatic carbocycles. The molecule has 0 N–H and O–H groups in total. The highest BCUT2D eigenvalue weighted by Gasteiger charge is 2.16. The first kappa shape index (κ1) is 13.7. The smallest absolute Gasteiger partial charge is 0.212 e. The third-order valence-corrected chi connectivity index (χ3v) is 3.99. The molecular weight excluding hydrogens is 407 g/mol. The average Bonchev–Trinajstić information content (AvgIpc) is 2.80. The first-order valence-corrected chi connectivity index (χ1v) is 7.52. The predicted octanol–water partition coefficient (Wildman–Crippen LogP) is 3.89. The van der Waals surface area contributed by atoms with E-state index in [1.807, 2.05) is 18.2 Å². The molecular formula is C13H12BrIN2O. The molecule has 1 heterocycles. The minimum atomic E-state index is 0.0200. The molecule has 0 aliphatic rings. The van der Waals surface area contributed by atoms with Gasteiger partial charge in [-0.3, -0.25) is 9.48 Å². The van der Waals surface area contributed by atoms with Crippen molar-refractivity contribution in [1.82, 2.24) is 9.78 Å². The summed E-state index contributed by atoms with van der Waals surface area (Å²) >= 11 is 5.58. The first-order valence-electron chi connectivity index (χ1n) is 5.65. The normalized spacial score (nSPS) is 10.6. The molecule has 0 saturated carbocycles. The molecule has 0 radical (unpaired) electrons. The summed E-state index contributed by atoms with van der Waals surface area (Å²) in [5, 5.41) is 4.19. The van der Waals surface area contributed by atoms with Crippen molar-refractivity contribution < 1.29 is 4.79 Å². The third kappa shape index (κ3) is 2.83. The summed E-state index contributed by atoms with van der Waals surface area (Å²) in [6.45, 7) is 2.83. The van der Waals surface area contributed by atoms with Crippen LogP contribution in [0.3, 0.4) is 0 Å². The Labute approximate surface area is 128 Å². The van der Waals surface area contributed by atoms with Crippen LogP contribution in [0, 0.1) is 3.57 Å². The summed E-state index contributed by atoms with van der Waals surface area (Å²) in [4.78, 5) is 12.5. The summed E-state index contributed by atoms with van der Waals surface area (Å²) < 4.78 is 3.62. The van der Waals surface area contributed by atoms with Crippen LogP contribution in [-0.2, 0) is 6.54 Å². The lowest BCUT2D eigenvalue weighted by Crippen LogP contribution is -2.12. The maximum absolute atomic E-state index is 12.5. The van der Waals surface area contributed by atoms with Gasteiger partial charge in [0.25, 0.3) is 0 Å². The lowest BCUT2D eigenvalue weighted by molar-refractivity contribution is 0.102. The molecule has 0 aliphatic heterocycles. The molecule has 0 aliphatic carbocycles. The summed E-state index contributed by atoms with van der Waals surface area (Å²) in [7, 11) is 0. The molecule has 3 nitrogen and oxygen atoms in total. The van der Waals surface area contributed by atoms with Crippen LogP contribution in [-0.4, -0.2) is 15.6 Å². The van der Waals surface area contributed by atoms with Gasteiger partial charge in [0, 0.05) is 26.3 Å². The predicted molar refractivity (Wildman–Crippen MR) is 82.8 cm³/mol. The Hall–Kier alpha value is -0.690. The lowest BCUT2D eigenvalue weighted by Gasteiger charge is -2.07. The van der Waals surface area contributed by atoms with Gasteiger partial charge in [0.1, 0.15) is 5.69 Å². The molecule has 5 heteroatoms. The number of halogens is 2. The van der Waals surface area contributed by atoms with Crippen molar-refractivity contribution in [2.75, 3.05) is 0 Å². The van der Waals surface area contributed by atoms with Crippen molar-refractivity contribution in [3.8, 4) is 0 Å². The van der Waals surface area contributed by atoms with E-state index in [1.54, 1.807) is 16.9 Å². The highest BCUT2D eigenvalue weighted by atomic mass is 127. The van der Waals surface area contributed by atoms with Gasteiger partial charge in [0.05, 0.1) is 0 Å². The SMILES string of the molecule is CCCn1nccc1C(=O)c1cc(Br)ccc1I. The maximum atomic E-state index is 12.5. The van der Waals surface area contributed by atoms with E-state index in [2.05, 4.69) is 50.5 Å². The van der Waals surface area contributed by atoms with Gasteiger partial charge in [-0.1, -0.05) is 22.9 Å². The van der Waals surface area contributed by atoms with Crippen molar-refractivity contribution in [3.05, 3.63) is 49.8 Å². The number of benzene rings is 1. The van der Waals surface area contributed by atoms with Gasteiger partial charge in [-0.05, 0) is 53.3 Å². The summed E-state index contributed by atoms with van der Waals surface area (Å²) in [6.07, 6.45) is 2.63. The fourth-order valence-electron chi connectivity index (χ4n) is 1.73. The van der Waals surface area contributed by atoms with Crippen molar-refractivity contribution in [1.29, 1.82) is 0 Å². The third-order valence-electron chi connectivity index (χ3n) is 2.56. The number of carbonyl (C=O) groups excluding carboxylic acids is 1. The molecule has 2 aromatic rings. The molecule has 0 unspecified atom stereocenters. The fraction of sp³-hybridized carbons (Fsp3) is 0.231. The largest absolute Gasteiger partial charge is 0.287 e. The minimum Gasteiger partial charge on any atom is -0.287 e. The van der Waals surface area contributed by atoms with E-state index in [9.17, 15) is 4.79 Å². The van der Waals surface area contributed by atoms with E-state index in [0.29, 0.717) is 11.3 Å². The highest BCUT2D eigenvalue weighted by molar-refractivity contribution is 14.1. The Kier molecular flexibility index (Phi) is 4.55. The number of carbonyl (C=O) groups is 1. The zero-order valence-electron chi connectivity index (χ0n) is 9.86. The van der Waals surface area contributed by atoms with Gasteiger partial charge in [-0.25, -0.2) is 0 Å². The maximum Gasteiger partial charge on any atom is 0.212 e. The van der Waals surface area contributed by atoms with Crippen LogP contribution < -0.4 is 0 Å². The molecule has 0 fully saturated rings. The molecule has 94 valence electrons. The quantitative estimate of drug-likeness (QED) is 0.557. The van der Waals surface area contributed by atoms with Crippen LogP contribution in [0.2, 0.25) is 0 Å². The second kappa shape index (κ2) is 5.97. The fourth-order valence-corrected chi connectivity index (χ4v) is 2.67. The Morgan fingerprint density at radius 2 is 2.22 bits per heavy atom. The lowest BCUT2D eigenvalue weighted by atomic mass is 10.1. The number of ketones is 1. The van der Waals surface area contributed by atoms with E-state index < -0.39 is 0 Å². The van der Waals surface area contributed by atoms with Crippen molar-refractivity contribution in [3.63, 3.8) is 0 Å². The molecule has 0 spiro atoms. The number of aryl methyl sites for hydroxylation is 1. The second-order valence-corrected chi connectivity index (χ2v) is 5.97. The number of hydrogen-bond donors (Lipinski definition) is 0. The second-order valence-electron chi connectivity index (χ2n) is 3.89. The van der Waals surface area contributed by atoms with Crippen LogP contribution in [0.5, 0.6) is 0 Å². The standard InChI is InChI=1S/C13H12BrIN2O/c1-2-7-17-12(5-6-16-17)13(18)10-8-9(14)3-4-11(10)15/h3-6,8H,2,7H2,1H3.